The molecule has 1 aromatic rings. The van der Waals surface area contributed by atoms with Gasteiger partial charge in [-0.05, 0) is 57.6 Å². The average molecular weight is 566 g/mol. The van der Waals surface area contributed by atoms with Gasteiger partial charge in [0.2, 0.25) is 0 Å². The number of aliphatic hydroxyl groups excluding tert-OH is 2. The number of aryl methyl sites for hydroxylation is 1. The predicted molar refractivity (Wildman–Crippen MR) is 155 cm³/mol. The summed E-state index contributed by atoms with van der Waals surface area (Å²) in [5.74, 6) is -1.20. The zero-order valence-electron chi connectivity index (χ0n) is 24.0. The zero-order valence-corrected chi connectivity index (χ0v) is 25.5. The first-order valence-electron chi connectivity index (χ1n) is 13.3. The van der Waals surface area contributed by atoms with E-state index in [1.54, 1.807) is 25.2 Å². The first-order chi connectivity index (χ1) is 17.7. The van der Waals surface area contributed by atoms with Crippen LogP contribution in [0.5, 0.6) is 0 Å². The number of alkyl halides is 1. The fraction of sp³-hybridized carbons (Fsp3) is 0.633. The first-order valence-corrected chi connectivity index (χ1v) is 14.7. The normalized spacial score (nSPS) is 25.1. The lowest BCUT2D eigenvalue weighted by Crippen LogP contribution is -2.49. The molecule has 1 aliphatic rings. The van der Waals surface area contributed by atoms with Crippen molar-refractivity contribution in [3.8, 4) is 0 Å². The highest BCUT2D eigenvalue weighted by molar-refractivity contribution is 7.09. The maximum atomic E-state index is 13.6. The number of rotatable bonds is 11. The molecule has 2 N–H and O–H groups in total. The third-order valence-electron chi connectivity index (χ3n) is 7.82. The van der Waals surface area contributed by atoms with Crippen molar-refractivity contribution in [3.63, 3.8) is 0 Å². The van der Waals surface area contributed by atoms with Crippen LogP contribution in [0.15, 0.2) is 34.3 Å². The van der Waals surface area contributed by atoms with Crippen molar-refractivity contribution < 1.29 is 24.5 Å². The van der Waals surface area contributed by atoms with Gasteiger partial charge in [-0.15, -0.1) is 22.9 Å². The molecule has 1 unspecified atom stereocenters. The van der Waals surface area contributed by atoms with Crippen LogP contribution in [0, 0.1) is 30.1 Å². The number of carbonyl (C=O) groups excluding carboxylic acids is 2. The highest BCUT2D eigenvalue weighted by atomic mass is 35.5. The van der Waals surface area contributed by atoms with Gasteiger partial charge in [-0.2, -0.15) is 0 Å². The minimum absolute atomic E-state index is 0.109. The molecule has 1 fully saturated rings. The van der Waals surface area contributed by atoms with Crippen LogP contribution in [0.3, 0.4) is 0 Å². The van der Waals surface area contributed by atoms with E-state index in [1.807, 2.05) is 65.2 Å². The van der Waals surface area contributed by atoms with Crippen LogP contribution < -0.4 is 0 Å². The number of Topliss-reactive ketones (excluding diaryl/α,β-unsaturated/α-hetero) is 1. The number of ether oxygens (including phenoxy) is 1. The van der Waals surface area contributed by atoms with Crippen LogP contribution in [-0.2, 0) is 14.3 Å². The summed E-state index contributed by atoms with van der Waals surface area (Å²) in [6.07, 6.45) is 3.76. The summed E-state index contributed by atoms with van der Waals surface area (Å²) >= 11 is 7.48. The summed E-state index contributed by atoms with van der Waals surface area (Å²) in [6, 6.07) is 0. The zero-order chi connectivity index (χ0) is 28.8. The van der Waals surface area contributed by atoms with E-state index in [2.05, 4.69) is 4.98 Å². The number of aromatic nitrogens is 1. The number of thiazole rings is 1. The Morgan fingerprint density at radius 1 is 1.29 bits per heavy atom. The van der Waals surface area contributed by atoms with Crippen molar-refractivity contribution in [1.82, 2.24) is 4.98 Å². The van der Waals surface area contributed by atoms with Gasteiger partial charge in [0.1, 0.15) is 11.9 Å². The fourth-order valence-corrected chi connectivity index (χ4v) is 5.65. The van der Waals surface area contributed by atoms with Gasteiger partial charge in [0, 0.05) is 23.6 Å². The third kappa shape index (κ3) is 8.35. The van der Waals surface area contributed by atoms with E-state index in [-0.39, 0.29) is 24.0 Å². The van der Waals surface area contributed by atoms with Crippen LogP contribution in [0.2, 0.25) is 0 Å². The van der Waals surface area contributed by atoms with Crippen molar-refractivity contribution in [3.05, 3.63) is 45.0 Å². The highest BCUT2D eigenvalue weighted by Gasteiger charge is 2.47. The number of hydrogen-bond acceptors (Lipinski definition) is 7. The van der Waals surface area contributed by atoms with E-state index in [9.17, 15) is 19.8 Å². The number of halogens is 1. The highest BCUT2D eigenvalue weighted by Crippen LogP contribution is 2.42. The Kier molecular flexibility index (Phi) is 12.0. The smallest absolute Gasteiger partial charge is 0.309 e. The summed E-state index contributed by atoms with van der Waals surface area (Å²) in [5, 5.41) is 24.9. The van der Waals surface area contributed by atoms with Crippen molar-refractivity contribution in [2.45, 2.75) is 93.0 Å². The van der Waals surface area contributed by atoms with Crippen molar-refractivity contribution >= 4 is 40.8 Å². The molecule has 0 radical (unpaired) electrons. The number of esters is 1. The average Bonchev–Trinajstić information content (AvgIpc) is 3.25. The molecule has 1 aromatic heterocycles. The van der Waals surface area contributed by atoms with E-state index in [4.69, 9.17) is 16.3 Å². The lowest BCUT2D eigenvalue weighted by molar-refractivity contribution is -0.154. The quantitative estimate of drug-likeness (QED) is 0.186. The van der Waals surface area contributed by atoms with Gasteiger partial charge >= 0.3 is 5.97 Å². The second kappa shape index (κ2) is 14.0. The lowest BCUT2D eigenvalue weighted by Gasteiger charge is -2.42. The molecule has 0 aromatic carbocycles. The van der Waals surface area contributed by atoms with Gasteiger partial charge in [-0.3, -0.25) is 9.59 Å². The van der Waals surface area contributed by atoms with E-state index < -0.39 is 35.6 Å². The molecule has 8 heteroatoms. The summed E-state index contributed by atoms with van der Waals surface area (Å²) in [6.45, 7) is 15.0. The molecule has 1 saturated carbocycles. The molecule has 0 aliphatic heterocycles. The topological polar surface area (TPSA) is 96.7 Å². The second-order valence-corrected chi connectivity index (χ2v) is 12.7. The van der Waals surface area contributed by atoms with Gasteiger partial charge in [-0.1, -0.05) is 51.0 Å². The second-order valence-electron chi connectivity index (χ2n) is 11.4. The molecule has 6 nitrogen and oxygen atoms in total. The largest absolute Gasteiger partial charge is 0.457 e. The van der Waals surface area contributed by atoms with Crippen LogP contribution in [0.1, 0.15) is 78.4 Å². The number of carbonyl (C=O) groups is 2. The summed E-state index contributed by atoms with van der Waals surface area (Å²) in [4.78, 5) is 31.1. The SMILES string of the molecule is CC(C)=CC[C@H](OC(=O)C[C@H](O)C(C)(C)C(=O)[C@@H]1C/C(=C/CCl)C(C)[C@H](C)[C@@H]1O)/C(C)=C/c1csc(C)n1. The summed E-state index contributed by atoms with van der Waals surface area (Å²) < 4.78 is 5.81. The monoisotopic (exact) mass is 565 g/mol. The van der Waals surface area contributed by atoms with Gasteiger partial charge in [0.15, 0.2) is 0 Å². The van der Waals surface area contributed by atoms with Gasteiger partial charge in [0.05, 0.1) is 34.7 Å². The number of allylic oxidation sites excluding steroid dienone is 3. The fourth-order valence-electron chi connectivity index (χ4n) is 4.88. The molecular weight excluding hydrogens is 522 g/mol. The lowest BCUT2D eigenvalue weighted by atomic mass is 9.64. The maximum Gasteiger partial charge on any atom is 0.309 e. The molecule has 38 heavy (non-hydrogen) atoms. The summed E-state index contributed by atoms with van der Waals surface area (Å²) in [5.41, 5.74) is 2.55. The Morgan fingerprint density at radius 3 is 2.50 bits per heavy atom. The Bertz CT molecular complexity index is 1070. The van der Waals surface area contributed by atoms with Gasteiger partial charge < -0.3 is 14.9 Å². The molecular formula is C30H44ClNO5S. The molecule has 0 amide bonds. The van der Waals surface area contributed by atoms with E-state index in [0.29, 0.717) is 18.7 Å². The molecule has 0 spiro atoms. The molecule has 0 saturated heterocycles. The van der Waals surface area contributed by atoms with Gasteiger partial charge in [-0.25, -0.2) is 4.98 Å². The van der Waals surface area contributed by atoms with Gasteiger partial charge in [0.25, 0.3) is 0 Å². The first kappa shape index (κ1) is 32.4. The molecule has 1 aliphatic carbocycles. The minimum Gasteiger partial charge on any atom is -0.457 e. The number of ketones is 1. The maximum absolute atomic E-state index is 13.6. The number of hydrogen-bond donors (Lipinski definition) is 2. The predicted octanol–water partition coefficient (Wildman–Crippen LogP) is 6.29. The third-order valence-corrected chi connectivity index (χ3v) is 8.76. The Labute approximate surface area is 236 Å². The van der Waals surface area contributed by atoms with Crippen LogP contribution in [0.4, 0.5) is 0 Å². The standard InChI is InChI=1S/C30H44ClNO5S/c1-17(2)9-10-25(18(3)13-23-16-38-21(6)32-23)37-27(34)15-26(33)30(7,8)29(36)24-14-22(11-12-31)19(4)20(5)28(24)35/h9,11,13,16,19-20,24-26,28,33,35H,10,12,14-15H2,1-8H3/b18-13+,22-11-/t19?,20-,24+,25-,26-,28-/m0/s1. The molecule has 6 atom stereocenters. The van der Waals surface area contributed by atoms with Crippen LogP contribution in [-0.4, -0.2) is 51.1 Å². The molecule has 2 rings (SSSR count). The van der Waals surface area contributed by atoms with Crippen molar-refractivity contribution in [2.24, 2.45) is 23.2 Å². The molecule has 212 valence electrons. The Morgan fingerprint density at radius 2 is 1.95 bits per heavy atom. The van der Waals surface area contributed by atoms with Crippen LogP contribution >= 0.6 is 22.9 Å². The van der Waals surface area contributed by atoms with E-state index in [1.165, 1.54) is 0 Å². The van der Waals surface area contributed by atoms with E-state index in [0.717, 1.165) is 27.4 Å². The Balaban J connectivity index is 2.16. The van der Waals surface area contributed by atoms with Crippen LogP contribution in [0.25, 0.3) is 6.08 Å². The minimum atomic E-state index is -1.26. The number of nitrogens with zero attached hydrogens (tertiary/aromatic N) is 1. The van der Waals surface area contributed by atoms with E-state index >= 15 is 0 Å². The molecule has 0 bridgehead atoms. The number of aliphatic hydroxyl groups is 2. The van der Waals surface area contributed by atoms with Crippen molar-refractivity contribution in [2.75, 3.05) is 5.88 Å². The summed E-state index contributed by atoms with van der Waals surface area (Å²) in [7, 11) is 0. The van der Waals surface area contributed by atoms with Crippen molar-refractivity contribution in [1.29, 1.82) is 0 Å². The molecule has 1 heterocycles. The Hall–Kier alpha value is -1.80.